The van der Waals surface area contributed by atoms with Gasteiger partial charge in [-0.25, -0.2) is 9.97 Å². The molecule has 1 heterocycles. The molecule has 2 aromatic rings. The van der Waals surface area contributed by atoms with Crippen LogP contribution in [0.5, 0.6) is 0 Å². The fraction of sp³-hybridized carbons (Fsp3) is 0.412. The second-order valence-electron chi connectivity index (χ2n) is 5.26. The lowest BCUT2D eigenvalue weighted by molar-refractivity contribution is 0.919. The summed E-state index contributed by atoms with van der Waals surface area (Å²) in [5.41, 5.74) is 3.62. The van der Waals surface area contributed by atoms with Gasteiger partial charge in [-0.15, -0.1) is 0 Å². The Labute approximate surface area is 127 Å². The van der Waals surface area contributed by atoms with Crippen molar-refractivity contribution in [1.29, 1.82) is 0 Å². The zero-order valence-corrected chi connectivity index (χ0v) is 13.3. The predicted octanol–water partition coefficient (Wildman–Crippen LogP) is 4.22. The Balaban J connectivity index is 2.23. The molecule has 112 valence electrons. The molecule has 4 nitrogen and oxygen atoms in total. The number of nitrogens with one attached hydrogen (secondary N) is 2. The number of aromatic nitrogens is 2. The summed E-state index contributed by atoms with van der Waals surface area (Å²) in [7, 11) is 0. The summed E-state index contributed by atoms with van der Waals surface area (Å²) < 4.78 is 0. The standard InChI is InChI=1S/C17H24N4/c1-5-9-18-16-11-17(21-15(6-2)20-16)19-14-8-7-12(3)13(4)10-14/h7-8,10-11H,5-6,9H2,1-4H3,(H2,18,19,20,21). The van der Waals surface area contributed by atoms with E-state index in [1.165, 1.54) is 11.1 Å². The Morgan fingerprint density at radius 3 is 2.38 bits per heavy atom. The van der Waals surface area contributed by atoms with Crippen LogP contribution in [0.25, 0.3) is 0 Å². The maximum Gasteiger partial charge on any atom is 0.136 e. The van der Waals surface area contributed by atoms with Crippen LogP contribution in [0, 0.1) is 13.8 Å². The summed E-state index contributed by atoms with van der Waals surface area (Å²) in [6.45, 7) is 9.36. The SMILES string of the molecule is CCCNc1cc(Nc2ccc(C)c(C)c2)nc(CC)n1. The van der Waals surface area contributed by atoms with Crippen LogP contribution in [0.1, 0.15) is 37.2 Å². The molecule has 0 aliphatic carbocycles. The minimum absolute atomic E-state index is 0.823. The zero-order chi connectivity index (χ0) is 15.2. The van der Waals surface area contributed by atoms with Crippen LogP contribution in [-0.2, 0) is 6.42 Å². The van der Waals surface area contributed by atoms with Gasteiger partial charge < -0.3 is 10.6 Å². The number of nitrogens with zero attached hydrogens (tertiary/aromatic N) is 2. The van der Waals surface area contributed by atoms with E-state index in [4.69, 9.17) is 0 Å². The van der Waals surface area contributed by atoms with E-state index >= 15 is 0 Å². The van der Waals surface area contributed by atoms with Gasteiger partial charge in [0.2, 0.25) is 0 Å². The van der Waals surface area contributed by atoms with Crippen LogP contribution >= 0.6 is 0 Å². The normalized spacial score (nSPS) is 10.5. The van der Waals surface area contributed by atoms with Crippen molar-refractivity contribution in [3.05, 3.63) is 41.2 Å². The lowest BCUT2D eigenvalue weighted by Crippen LogP contribution is -2.07. The number of aryl methyl sites for hydroxylation is 3. The Bertz CT molecular complexity index is 608. The number of rotatable bonds is 6. The number of hydrogen-bond donors (Lipinski definition) is 2. The first-order valence-corrected chi connectivity index (χ1v) is 7.58. The van der Waals surface area contributed by atoms with E-state index in [0.717, 1.165) is 42.5 Å². The number of anilines is 3. The summed E-state index contributed by atoms with van der Waals surface area (Å²) in [6.07, 6.45) is 1.90. The van der Waals surface area contributed by atoms with Crippen LogP contribution in [0.15, 0.2) is 24.3 Å². The highest BCUT2D eigenvalue weighted by molar-refractivity contribution is 5.60. The minimum atomic E-state index is 0.823. The molecule has 0 aliphatic rings. The number of hydrogen-bond acceptors (Lipinski definition) is 4. The van der Waals surface area contributed by atoms with Crippen molar-refractivity contribution in [2.45, 2.75) is 40.5 Å². The molecule has 0 fully saturated rings. The third-order valence-corrected chi connectivity index (χ3v) is 3.42. The first-order chi connectivity index (χ1) is 10.1. The molecule has 0 radical (unpaired) electrons. The average Bonchev–Trinajstić information content (AvgIpc) is 2.48. The maximum atomic E-state index is 4.55. The molecule has 0 saturated heterocycles. The molecule has 2 rings (SSSR count). The molecule has 0 saturated carbocycles. The highest BCUT2D eigenvalue weighted by atomic mass is 15.1. The van der Waals surface area contributed by atoms with Crippen molar-refractivity contribution in [3.8, 4) is 0 Å². The van der Waals surface area contributed by atoms with Gasteiger partial charge in [-0.05, 0) is 43.5 Å². The molecule has 0 unspecified atom stereocenters. The van der Waals surface area contributed by atoms with E-state index in [1.807, 2.05) is 6.07 Å². The molecule has 21 heavy (non-hydrogen) atoms. The molecule has 4 heteroatoms. The van der Waals surface area contributed by atoms with E-state index in [1.54, 1.807) is 0 Å². The van der Waals surface area contributed by atoms with Crippen LogP contribution in [-0.4, -0.2) is 16.5 Å². The fourth-order valence-corrected chi connectivity index (χ4v) is 2.03. The quantitative estimate of drug-likeness (QED) is 0.833. The predicted molar refractivity (Wildman–Crippen MR) is 89.4 cm³/mol. The Morgan fingerprint density at radius 2 is 1.71 bits per heavy atom. The number of benzene rings is 1. The first-order valence-electron chi connectivity index (χ1n) is 7.58. The summed E-state index contributed by atoms with van der Waals surface area (Å²) in [4.78, 5) is 9.05. The van der Waals surface area contributed by atoms with Crippen molar-refractivity contribution in [3.63, 3.8) is 0 Å². The molecule has 0 atom stereocenters. The molecule has 0 spiro atoms. The molecule has 0 bridgehead atoms. The third kappa shape index (κ3) is 4.18. The van der Waals surface area contributed by atoms with Crippen molar-refractivity contribution in [2.75, 3.05) is 17.2 Å². The lowest BCUT2D eigenvalue weighted by atomic mass is 10.1. The molecular weight excluding hydrogens is 260 g/mol. The molecule has 0 amide bonds. The minimum Gasteiger partial charge on any atom is -0.370 e. The second kappa shape index (κ2) is 7.07. The fourth-order valence-electron chi connectivity index (χ4n) is 2.03. The van der Waals surface area contributed by atoms with Crippen LogP contribution in [0.2, 0.25) is 0 Å². The second-order valence-corrected chi connectivity index (χ2v) is 5.26. The summed E-state index contributed by atoms with van der Waals surface area (Å²) in [5, 5.41) is 6.70. The summed E-state index contributed by atoms with van der Waals surface area (Å²) >= 11 is 0. The molecular formula is C17H24N4. The smallest absolute Gasteiger partial charge is 0.136 e. The largest absolute Gasteiger partial charge is 0.370 e. The lowest BCUT2D eigenvalue weighted by Gasteiger charge is -2.11. The van der Waals surface area contributed by atoms with Gasteiger partial charge in [-0.1, -0.05) is 19.9 Å². The highest BCUT2D eigenvalue weighted by Gasteiger charge is 2.04. The Morgan fingerprint density at radius 1 is 0.952 bits per heavy atom. The van der Waals surface area contributed by atoms with Gasteiger partial charge in [0, 0.05) is 24.7 Å². The van der Waals surface area contributed by atoms with Gasteiger partial charge in [-0.3, -0.25) is 0 Å². The van der Waals surface area contributed by atoms with Gasteiger partial charge in [0.15, 0.2) is 0 Å². The summed E-state index contributed by atoms with van der Waals surface area (Å²) in [6, 6.07) is 8.30. The van der Waals surface area contributed by atoms with E-state index in [0.29, 0.717) is 0 Å². The Kier molecular flexibility index (Phi) is 5.14. The van der Waals surface area contributed by atoms with E-state index in [2.05, 4.69) is 66.5 Å². The first kappa shape index (κ1) is 15.3. The van der Waals surface area contributed by atoms with Gasteiger partial charge in [-0.2, -0.15) is 0 Å². The highest BCUT2D eigenvalue weighted by Crippen LogP contribution is 2.20. The molecule has 2 N–H and O–H groups in total. The maximum absolute atomic E-state index is 4.55. The van der Waals surface area contributed by atoms with Crippen molar-refractivity contribution >= 4 is 17.3 Å². The van der Waals surface area contributed by atoms with E-state index < -0.39 is 0 Å². The van der Waals surface area contributed by atoms with Crippen LogP contribution < -0.4 is 10.6 Å². The monoisotopic (exact) mass is 284 g/mol. The Hall–Kier alpha value is -2.10. The van der Waals surface area contributed by atoms with Crippen molar-refractivity contribution in [2.24, 2.45) is 0 Å². The molecule has 1 aromatic carbocycles. The average molecular weight is 284 g/mol. The van der Waals surface area contributed by atoms with Gasteiger partial charge in [0.25, 0.3) is 0 Å². The molecule has 0 aliphatic heterocycles. The van der Waals surface area contributed by atoms with Crippen molar-refractivity contribution < 1.29 is 0 Å². The van der Waals surface area contributed by atoms with E-state index in [9.17, 15) is 0 Å². The van der Waals surface area contributed by atoms with E-state index in [-0.39, 0.29) is 0 Å². The topological polar surface area (TPSA) is 49.8 Å². The summed E-state index contributed by atoms with van der Waals surface area (Å²) in [5.74, 6) is 2.57. The van der Waals surface area contributed by atoms with Crippen LogP contribution in [0.4, 0.5) is 17.3 Å². The van der Waals surface area contributed by atoms with Gasteiger partial charge >= 0.3 is 0 Å². The molecule has 1 aromatic heterocycles. The zero-order valence-electron chi connectivity index (χ0n) is 13.3. The van der Waals surface area contributed by atoms with Crippen LogP contribution in [0.3, 0.4) is 0 Å². The van der Waals surface area contributed by atoms with Gasteiger partial charge in [0.05, 0.1) is 0 Å². The third-order valence-electron chi connectivity index (χ3n) is 3.42. The van der Waals surface area contributed by atoms with Crippen molar-refractivity contribution in [1.82, 2.24) is 9.97 Å². The van der Waals surface area contributed by atoms with Gasteiger partial charge in [0.1, 0.15) is 17.5 Å².